The average molecular weight is 442 g/mol. The largest absolute Gasteiger partial charge is 0.379 e. The SMILES string of the molecule is CCNC(=NCC(c1cccs1)N1CCOCC1)NCCN1CCc2ccccc2C1. The molecular weight excluding hydrogens is 406 g/mol. The van der Waals surface area contributed by atoms with Crippen molar-refractivity contribution in [2.45, 2.75) is 25.9 Å². The molecule has 4 rings (SSSR count). The molecule has 0 saturated carbocycles. The van der Waals surface area contributed by atoms with Crippen molar-refractivity contribution in [3.63, 3.8) is 0 Å². The Morgan fingerprint density at radius 1 is 1.10 bits per heavy atom. The van der Waals surface area contributed by atoms with Crippen LogP contribution >= 0.6 is 11.3 Å². The lowest BCUT2D eigenvalue weighted by Crippen LogP contribution is -2.43. The smallest absolute Gasteiger partial charge is 0.191 e. The van der Waals surface area contributed by atoms with E-state index in [1.165, 1.54) is 16.0 Å². The molecule has 1 fully saturated rings. The van der Waals surface area contributed by atoms with Crippen molar-refractivity contribution in [1.29, 1.82) is 0 Å². The summed E-state index contributed by atoms with van der Waals surface area (Å²) in [7, 11) is 0. The van der Waals surface area contributed by atoms with Crippen molar-refractivity contribution in [2.75, 3.05) is 59.0 Å². The predicted molar refractivity (Wildman–Crippen MR) is 129 cm³/mol. The molecule has 0 spiro atoms. The van der Waals surface area contributed by atoms with Gasteiger partial charge in [-0.05, 0) is 35.9 Å². The Labute approximate surface area is 190 Å². The molecule has 2 aliphatic heterocycles. The summed E-state index contributed by atoms with van der Waals surface area (Å²) < 4.78 is 5.56. The van der Waals surface area contributed by atoms with Crippen LogP contribution in [0.25, 0.3) is 0 Å². The molecule has 0 bridgehead atoms. The monoisotopic (exact) mass is 441 g/mol. The molecule has 1 saturated heterocycles. The summed E-state index contributed by atoms with van der Waals surface area (Å²) in [5.41, 5.74) is 2.97. The van der Waals surface area contributed by atoms with Gasteiger partial charge in [0.15, 0.2) is 5.96 Å². The Balaban J connectivity index is 1.32. The Morgan fingerprint density at radius 2 is 1.94 bits per heavy atom. The zero-order valence-corrected chi connectivity index (χ0v) is 19.4. The van der Waals surface area contributed by atoms with Crippen LogP contribution in [-0.2, 0) is 17.7 Å². The fourth-order valence-electron chi connectivity index (χ4n) is 4.35. The third-order valence-corrected chi connectivity index (χ3v) is 7.03. The van der Waals surface area contributed by atoms with E-state index in [-0.39, 0.29) is 0 Å². The number of guanidine groups is 1. The lowest BCUT2D eigenvalue weighted by atomic mass is 10.00. The maximum Gasteiger partial charge on any atom is 0.191 e. The predicted octanol–water partition coefficient (Wildman–Crippen LogP) is 2.73. The quantitative estimate of drug-likeness (QED) is 0.487. The van der Waals surface area contributed by atoms with Gasteiger partial charge in [-0.2, -0.15) is 0 Å². The van der Waals surface area contributed by atoms with Crippen LogP contribution in [0.5, 0.6) is 0 Å². The number of fused-ring (bicyclic) bond motifs is 1. The zero-order chi connectivity index (χ0) is 21.3. The normalized spacial score (nSPS) is 19.1. The maximum absolute atomic E-state index is 5.56. The molecule has 0 radical (unpaired) electrons. The summed E-state index contributed by atoms with van der Waals surface area (Å²) in [6.07, 6.45) is 1.15. The van der Waals surface area contributed by atoms with E-state index in [1.807, 2.05) is 11.3 Å². The topological polar surface area (TPSA) is 52.1 Å². The summed E-state index contributed by atoms with van der Waals surface area (Å²) in [5, 5.41) is 9.13. The van der Waals surface area contributed by atoms with E-state index in [4.69, 9.17) is 9.73 Å². The number of nitrogens with zero attached hydrogens (tertiary/aromatic N) is 3. The fourth-order valence-corrected chi connectivity index (χ4v) is 5.20. The fraction of sp³-hybridized carbons (Fsp3) is 0.542. The number of nitrogens with one attached hydrogen (secondary N) is 2. The van der Waals surface area contributed by atoms with Gasteiger partial charge in [-0.15, -0.1) is 11.3 Å². The van der Waals surface area contributed by atoms with Gasteiger partial charge in [-0.1, -0.05) is 30.3 Å². The van der Waals surface area contributed by atoms with E-state index < -0.39 is 0 Å². The Hall–Kier alpha value is -1.93. The van der Waals surface area contributed by atoms with Gasteiger partial charge in [0, 0.05) is 50.7 Å². The Bertz CT molecular complexity index is 819. The van der Waals surface area contributed by atoms with Gasteiger partial charge < -0.3 is 15.4 Å². The third kappa shape index (κ3) is 6.29. The minimum Gasteiger partial charge on any atom is -0.379 e. The Morgan fingerprint density at radius 3 is 2.71 bits per heavy atom. The second-order valence-electron chi connectivity index (χ2n) is 8.12. The van der Waals surface area contributed by atoms with E-state index in [1.54, 1.807) is 0 Å². The standard InChI is InChI=1S/C24H35N5OS/c1-2-25-24(26-10-12-28-11-9-20-6-3-4-7-21(20)19-28)27-18-22(23-8-5-17-31-23)29-13-15-30-16-14-29/h3-8,17,22H,2,9-16,18-19H2,1H3,(H2,25,26,27). The molecule has 2 aromatic rings. The lowest BCUT2D eigenvalue weighted by Gasteiger charge is -2.33. The number of benzene rings is 1. The minimum absolute atomic E-state index is 0.318. The molecule has 0 amide bonds. The summed E-state index contributed by atoms with van der Waals surface area (Å²) in [4.78, 5) is 11.4. The van der Waals surface area contributed by atoms with Crippen LogP contribution < -0.4 is 10.6 Å². The highest BCUT2D eigenvalue weighted by atomic mass is 32.1. The number of hydrogen-bond donors (Lipinski definition) is 2. The first-order valence-corrected chi connectivity index (χ1v) is 12.4. The first-order valence-electron chi connectivity index (χ1n) is 11.5. The van der Waals surface area contributed by atoms with Gasteiger partial charge in [0.2, 0.25) is 0 Å². The summed E-state index contributed by atoms with van der Waals surface area (Å²) in [6, 6.07) is 13.5. The van der Waals surface area contributed by atoms with Crippen LogP contribution in [0.1, 0.15) is 29.0 Å². The van der Waals surface area contributed by atoms with E-state index in [2.05, 4.69) is 69.1 Å². The molecule has 7 heteroatoms. The highest BCUT2D eigenvalue weighted by Crippen LogP contribution is 2.26. The number of thiophene rings is 1. The molecular formula is C24H35N5OS. The van der Waals surface area contributed by atoms with Crippen molar-refractivity contribution in [1.82, 2.24) is 20.4 Å². The molecule has 1 unspecified atom stereocenters. The molecule has 2 aliphatic rings. The van der Waals surface area contributed by atoms with Crippen molar-refractivity contribution in [2.24, 2.45) is 4.99 Å². The van der Waals surface area contributed by atoms with Gasteiger partial charge >= 0.3 is 0 Å². The van der Waals surface area contributed by atoms with Crippen LogP contribution in [0.15, 0.2) is 46.8 Å². The summed E-state index contributed by atoms with van der Waals surface area (Å²) in [6.45, 7) is 11.4. The number of rotatable bonds is 8. The van der Waals surface area contributed by atoms with Crippen molar-refractivity contribution in [3.05, 3.63) is 57.8 Å². The molecule has 1 atom stereocenters. The highest BCUT2D eigenvalue weighted by Gasteiger charge is 2.23. The van der Waals surface area contributed by atoms with Crippen LogP contribution in [0, 0.1) is 0 Å². The van der Waals surface area contributed by atoms with Crippen LogP contribution in [-0.4, -0.2) is 74.8 Å². The average Bonchev–Trinajstić information content (AvgIpc) is 3.34. The number of aliphatic imine (C=N–C) groups is 1. The first kappa shape index (κ1) is 22.3. The summed E-state index contributed by atoms with van der Waals surface area (Å²) in [5.74, 6) is 0.912. The summed E-state index contributed by atoms with van der Waals surface area (Å²) >= 11 is 1.82. The van der Waals surface area contributed by atoms with Crippen LogP contribution in [0.2, 0.25) is 0 Å². The third-order valence-electron chi connectivity index (χ3n) is 6.05. The van der Waals surface area contributed by atoms with Crippen molar-refractivity contribution < 1.29 is 4.74 Å². The molecule has 1 aromatic heterocycles. The molecule has 3 heterocycles. The molecule has 6 nitrogen and oxygen atoms in total. The lowest BCUT2D eigenvalue weighted by molar-refractivity contribution is 0.0186. The van der Waals surface area contributed by atoms with Crippen LogP contribution in [0.4, 0.5) is 0 Å². The second kappa shape index (κ2) is 11.6. The highest BCUT2D eigenvalue weighted by molar-refractivity contribution is 7.10. The zero-order valence-electron chi connectivity index (χ0n) is 18.6. The first-order chi connectivity index (χ1) is 15.3. The van der Waals surface area contributed by atoms with Crippen molar-refractivity contribution >= 4 is 17.3 Å². The van der Waals surface area contributed by atoms with Gasteiger partial charge in [0.05, 0.1) is 25.8 Å². The Kier molecular flexibility index (Phi) is 8.35. The molecule has 1 aromatic carbocycles. The van der Waals surface area contributed by atoms with E-state index in [0.29, 0.717) is 6.04 Å². The van der Waals surface area contributed by atoms with E-state index in [9.17, 15) is 0 Å². The van der Waals surface area contributed by atoms with E-state index >= 15 is 0 Å². The number of ether oxygens (including phenoxy) is 1. The van der Waals surface area contributed by atoms with E-state index in [0.717, 1.165) is 78.0 Å². The van der Waals surface area contributed by atoms with Gasteiger partial charge in [0.25, 0.3) is 0 Å². The van der Waals surface area contributed by atoms with Gasteiger partial charge in [0.1, 0.15) is 0 Å². The second-order valence-corrected chi connectivity index (χ2v) is 9.10. The minimum atomic E-state index is 0.318. The maximum atomic E-state index is 5.56. The molecule has 31 heavy (non-hydrogen) atoms. The number of hydrogen-bond acceptors (Lipinski definition) is 5. The number of morpholine rings is 1. The molecule has 0 aliphatic carbocycles. The van der Waals surface area contributed by atoms with Crippen LogP contribution in [0.3, 0.4) is 0 Å². The van der Waals surface area contributed by atoms with Gasteiger partial charge in [-0.3, -0.25) is 14.8 Å². The van der Waals surface area contributed by atoms with Crippen molar-refractivity contribution in [3.8, 4) is 0 Å². The van der Waals surface area contributed by atoms with Gasteiger partial charge in [-0.25, -0.2) is 0 Å². The molecule has 2 N–H and O–H groups in total. The molecule has 168 valence electrons.